The Hall–Kier alpha value is -1.89. The van der Waals surface area contributed by atoms with Gasteiger partial charge in [0.15, 0.2) is 11.3 Å². The van der Waals surface area contributed by atoms with Crippen molar-refractivity contribution in [2.24, 2.45) is 0 Å². The standard InChI is InChI=1S/C12H8F3N3S/c1-7-2-3-9(19-7)8-6-10(12(13,14)15)18-11(17-8)4-5-16-18/h2-6H,1H3. The van der Waals surface area contributed by atoms with Gasteiger partial charge in [-0.3, -0.25) is 0 Å². The van der Waals surface area contributed by atoms with Crippen molar-refractivity contribution in [3.8, 4) is 10.6 Å². The molecule has 3 heterocycles. The van der Waals surface area contributed by atoms with E-state index < -0.39 is 11.9 Å². The molecule has 7 heteroatoms. The number of halogens is 3. The molecule has 0 fully saturated rings. The van der Waals surface area contributed by atoms with Crippen LogP contribution in [0.4, 0.5) is 13.2 Å². The van der Waals surface area contributed by atoms with Crippen molar-refractivity contribution in [1.29, 1.82) is 0 Å². The quantitative estimate of drug-likeness (QED) is 0.680. The van der Waals surface area contributed by atoms with Crippen molar-refractivity contribution < 1.29 is 13.2 Å². The summed E-state index contributed by atoms with van der Waals surface area (Å²) >= 11 is 1.41. The fourth-order valence-electron chi connectivity index (χ4n) is 1.81. The number of aryl methyl sites for hydroxylation is 1. The lowest BCUT2D eigenvalue weighted by Gasteiger charge is -2.10. The van der Waals surface area contributed by atoms with Gasteiger partial charge >= 0.3 is 6.18 Å². The monoisotopic (exact) mass is 283 g/mol. The molecule has 0 spiro atoms. The van der Waals surface area contributed by atoms with Gasteiger partial charge in [0, 0.05) is 10.9 Å². The second-order valence-electron chi connectivity index (χ2n) is 4.04. The second kappa shape index (κ2) is 4.06. The Kier molecular flexibility index (Phi) is 2.60. The Morgan fingerprint density at radius 1 is 1.21 bits per heavy atom. The maximum absolute atomic E-state index is 13.0. The van der Waals surface area contributed by atoms with E-state index in [2.05, 4.69) is 10.1 Å². The highest BCUT2D eigenvalue weighted by Gasteiger charge is 2.35. The molecule has 0 aromatic carbocycles. The van der Waals surface area contributed by atoms with Crippen LogP contribution in [0.15, 0.2) is 30.5 Å². The molecule has 0 N–H and O–H groups in total. The highest BCUT2D eigenvalue weighted by Crippen LogP contribution is 2.33. The SMILES string of the molecule is Cc1ccc(-c2cc(C(F)(F)F)n3nccc3n2)s1. The van der Waals surface area contributed by atoms with Gasteiger partial charge < -0.3 is 0 Å². The van der Waals surface area contributed by atoms with E-state index in [1.54, 1.807) is 6.07 Å². The summed E-state index contributed by atoms with van der Waals surface area (Å²) < 4.78 is 39.8. The van der Waals surface area contributed by atoms with E-state index >= 15 is 0 Å². The predicted molar refractivity (Wildman–Crippen MR) is 66.0 cm³/mol. The van der Waals surface area contributed by atoms with Crippen molar-refractivity contribution in [2.45, 2.75) is 13.1 Å². The van der Waals surface area contributed by atoms with Gasteiger partial charge in [0.1, 0.15) is 0 Å². The summed E-state index contributed by atoms with van der Waals surface area (Å²) in [7, 11) is 0. The number of aromatic nitrogens is 3. The van der Waals surface area contributed by atoms with E-state index in [9.17, 15) is 13.2 Å². The smallest absolute Gasteiger partial charge is 0.228 e. The van der Waals surface area contributed by atoms with Crippen LogP contribution in [0, 0.1) is 6.92 Å². The van der Waals surface area contributed by atoms with Crippen LogP contribution in [0.5, 0.6) is 0 Å². The minimum absolute atomic E-state index is 0.191. The molecule has 19 heavy (non-hydrogen) atoms. The molecule has 98 valence electrons. The van der Waals surface area contributed by atoms with Gasteiger partial charge in [-0.25, -0.2) is 9.50 Å². The molecule has 0 aliphatic carbocycles. The van der Waals surface area contributed by atoms with Gasteiger partial charge in [0.25, 0.3) is 0 Å². The molecule has 3 aromatic rings. The van der Waals surface area contributed by atoms with Gasteiger partial charge in [-0.1, -0.05) is 0 Å². The Bertz CT molecular complexity index is 742. The van der Waals surface area contributed by atoms with Gasteiger partial charge in [-0.2, -0.15) is 18.3 Å². The number of alkyl halides is 3. The number of rotatable bonds is 1. The minimum Gasteiger partial charge on any atom is -0.228 e. The summed E-state index contributed by atoms with van der Waals surface area (Å²) in [5.41, 5.74) is -0.308. The minimum atomic E-state index is -4.46. The summed E-state index contributed by atoms with van der Waals surface area (Å²) in [6.45, 7) is 1.90. The number of thiophene rings is 1. The summed E-state index contributed by atoms with van der Waals surface area (Å²) in [6.07, 6.45) is -3.16. The van der Waals surface area contributed by atoms with Crippen LogP contribution < -0.4 is 0 Å². The molecule has 0 atom stereocenters. The first-order chi connectivity index (χ1) is 8.95. The van der Waals surface area contributed by atoms with E-state index in [1.807, 2.05) is 13.0 Å². The molecule has 0 bridgehead atoms. The molecule has 0 saturated carbocycles. The van der Waals surface area contributed by atoms with E-state index in [4.69, 9.17) is 0 Å². The first kappa shape index (κ1) is 12.2. The first-order valence-corrected chi connectivity index (χ1v) is 6.25. The molecule has 0 amide bonds. The number of nitrogens with zero attached hydrogens (tertiary/aromatic N) is 3. The molecule has 0 aliphatic rings. The summed E-state index contributed by atoms with van der Waals surface area (Å²) in [5, 5.41) is 3.66. The van der Waals surface area contributed by atoms with Crippen LogP contribution >= 0.6 is 11.3 Å². The predicted octanol–water partition coefficient (Wildman–Crippen LogP) is 3.79. The van der Waals surface area contributed by atoms with Crippen LogP contribution in [0.3, 0.4) is 0 Å². The highest BCUT2D eigenvalue weighted by molar-refractivity contribution is 7.15. The average molecular weight is 283 g/mol. The lowest BCUT2D eigenvalue weighted by molar-refractivity contribution is -0.142. The first-order valence-electron chi connectivity index (χ1n) is 5.44. The van der Waals surface area contributed by atoms with E-state index in [0.29, 0.717) is 10.6 Å². The van der Waals surface area contributed by atoms with Crippen molar-refractivity contribution >= 4 is 17.0 Å². The average Bonchev–Trinajstić information content (AvgIpc) is 2.94. The molecular weight excluding hydrogens is 275 g/mol. The topological polar surface area (TPSA) is 30.2 Å². The molecule has 0 aliphatic heterocycles. The van der Waals surface area contributed by atoms with Gasteiger partial charge in [-0.15, -0.1) is 11.3 Å². The molecule has 3 nitrogen and oxygen atoms in total. The maximum Gasteiger partial charge on any atom is 0.433 e. The zero-order valence-electron chi connectivity index (χ0n) is 9.77. The maximum atomic E-state index is 13.0. The van der Waals surface area contributed by atoms with Crippen molar-refractivity contribution in [3.63, 3.8) is 0 Å². The van der Waals surface area contributed by atoms with Gasteiger partial charge in [-0.05, 0) is 25.1 Å². The molecule has 3 aromatic heterocycles. The van der Waals surface area contributed by atoms with E-state index in [-0.39, 0.29) is 5.65 Å². The zero-order chi connectivity index (χ0) is 13.6. The molecular formula is C12H8F3N3S. The third-order valence-electron chi connectivity index (χ3n) is 2.64. The van der Waals surface area contributed by atoms with Gasteiger partial charge in [0.2, 0.25) is 0 Å². The fourth-order valence-corrected chi connectivity index (χ4v) is 2.64. The molecule has 3 rings (SSSR count). The lowest BCUT2D eigenvalue weighted by Crippen LogP contribution is -2.13. The highest BCUT2D eigenvalue weighted by atomic mass is 32.1. The van der Waals surface area contributed by atoms with Crippen molar-refractivity contribution in [1.82, 2.24) is 14.6 Å². The summed E-state index contributed by atoms with van der Waals surface area (Å²) in [5.74, 6) is 0. The Morgan fingerprint density at radius 3 is 2.63 bits per heavy atom. The van der Waals surface area contributed by atoms with Crippen LogP contribution in [0.1, 0.15) is 10.6 Å². The normalized spacial score (nSPS) is 12.2. The van der Waals surface area contributed by atoms with Crippen molar-refractivity contribution in [2.75, 3.05) is 0 Å². The Balaban J connectivity index is 2.27. The Morgan fingerprint density at radius 2 is 2.00 bits per heavy atom. The molecule has 0 unspecified atom stereocenters. The van der Waals surface area contributed by atoms with Crippen molar-refractivity contribution in [3.05, 3.63) is 41.0 Å². The third-order valence-corrected chi connectivity index (χ3v) is 3.67. The summed E-state index contributed by atoms with van der Waals surface area (Å²) in [4.78, 5) is 5.94. The van der Waals surface area contributed by atoms with E-state index in [1.165, 1.54) is 23.6 Å². The van der Waals surface area contributed by atoms with Crippen LogP contribution in [-0.2, 0) is 6.18 Å². The fraction of sp³-hybridized carbons (Fsp3) is 0.167. The van der Waals surface area contributed by atoms with E-state index in [0.717, 1.165) is 15.5 Å². The van der Waals surface area contributed by atoms with Crippen LogP contribution in [-0.4, -0.2) is 14.6 Å². The third kappa shape index (κ3) is 2.10. The zero-order valence-corrected chi connectivity index (χ0v) is 10.6. The van der Waals surface area contributed by atoms with Crippen LogP contribution in [0.25, 0.3) is 16.2 Å². The second-order valence-corrected chi connectivity index (χ2v) is 5.32. The Labute approximate surface area is 110 Å². The largest absolute Gasteiger partial charge is 0.433 e. The summed E-state index contributed by atoms with van der Waals surface area (Å²) in [6, 6.07) is 6.12. The van der Waals surface area contributed by atoms with Gasteiger partial charge in [0.05, 0.1) is 16.8 Å². The number of hydrogen-bond donors (Lipinski definition) is 0. The number of fused-ring (bicyclic) bond motifs is 1. The molecule has 0 radical (unpaired) electrons. The number of hydrogen-bond acceptors (Lipinski definition) is 3. The molecule has 0 saturated heterocycles. The lowest BCUT2D eigenvalue weighted by atomic mass is 10.2. The van der Waals surface area contributed by atoms with Crippen LogP contribution in [0.2, 0.25) is 0 Å².